The van der Waals surface area contributed by atoms with Gasteiger partial charge in [0.25, 0.3) is 5.91 Å². The zero-order valence-electron chi connectivity index (χ0n) is 14.5. The molecule has 1 aliphatic rings. The van der Waals surface area contributed by atoms with E-state index in [0.29, 0.717) is 35.9 Å². The van der Waals surface area contributed by atoms with Crippen LogP contribution in [-0.4, -0.2) is 27.0 Å². The quantitative estimate of drug-likeness (QED) is 0.766. The van der Waals surface area contributed by atoms with Gasteiger partial charge in [-0.2, -0.15) is 0 Å². The zero-order valence-corrected chi connectivity index (χ0v) is 15.4. The maximum absolute atomic E-state index is 12.8. The Kier molecular flexibility index (Phi) is 4.29. The number of nitrogens with one attached hydrogen (secondary N) is 1. The summed E-state index contributed by atoms with van der Waals surface area (Å²) in [5.41, 5.74) is 2.15. The molecule has 1 aliphatic heterocycles. The van der Waals surface area contributed by atoms with Crippen molar-refractivity contribution < 1.29 is 9.53 Å². The van der Waals surface area contributed by atoms with Gasteiger partial charge in [-0.3, -0.25) is 14.9 Å². The lowest BCUT2D eigenvalue weighted by Crippen LogP contribution is -2.24. The molecular formula is C18H18N4O3S. The van der Waals surface area contributed by atoms with Crippen LogP contribution < -0.4 is 10.7 Å². The SMILES string of the molecule is CCn1cc(C(=O)Nc2nc3c(s2)COCC3)c(=O)c2ccc(C)nc21. The van der Waals surface area contributed by atoms with E-state index in [2.05, 4.69) is 15.3 Å². The molecule has 4 heterocycles. The van der Waals surface area contributed by atoms with Gasteiger partial charge in [-0.25, -0.2) is 9.97 Å². The Hall–Kier alpha value is -2.58. The number of carbonyl (C=O) groups excluding carboxylic acids is 1. The molecule has 0 aliphatic carbocycles. The van der Waals surface area contributed by atoms with E-state index in [9.17, 15) is 9.59 Å². The fourth-order valence-corrected chi connectivity index (χ4v) is 3.95. The number of thiazole rings is 1. The second kappa shape index (κ2) is 6.62. The smallest absolute Gasteiger partial charge is 0.262 e. The van der Waals surface area contributed by atoms with Crippen LogP contribution in [0.5, 0.6) is 0 Å². The summed E-state index contributed by atoms with van der Waals surface area (Å²) in [5.74, 6) is -0.452. The molecule has 134 valence electrons. The lowest BCUT2D eigenvalue weighted by Gasteiger charge is -2.11. The van der Waals surface area contributed by atoms with Crippen LogP contribution in [0.2, 0.25) is 0 Å². The summed E-state index contributed by atoms with van der Waals surface area (Å²) >= 11 is 1.39. The highest BCUT2D eigenvalue weighted by atomic mass is 32.1. The molecule has 0 fully saturated rings. The molecule has 0 saturated carbocycles. The topological polar surface area (TPSA) is 86.1 Å². The Balaban J connectivity index is 1.72. The van der Waals surface area contributed by atoms with Crippen LogP contribution in [0.4, 0.5) is 5.13 Å². The molecular weight excluding hydrogens is 352 g/mol. The molecule has 0 bridgehead atoms. The molecule has 4 rings (SSSR count). The van der Waals surface area contributed by atoms with E-state index in [0.717, 1.165) is 22.7 Å². The second-order valence-electron chi connectivity index (χ2n) is 6.13. The summed E-state index contributed by atoms with van der Waals surface area (Å²) in [6.07, 6.45) is 2.31. The van der Waals surface area contributed by atoms with Crippen molar-refractivity contribution in [2.24, 2.45) is 0 Å². The second-order valence-corrected chi connectivity index (χ2v) is 7.21. The maximum atomic E-state index is 12.8. The number of hydrogen-bond acceptors (Lipinski definition) is 6. The van der Waals surface area contributed by atoms with E-state index < -0.39 is 5.91 Å². The third kappa shape index (κ3) is 2.91. The van der Waals surface area contributed by atoms with E-state index in [1.54, 1.807) is 18.3 Å². The molecule has 7 nitrogen and oxygen atoms in total. The lowest BCUT2D eigenvalue weighted by atomic mass is 10.1. The molecule has 0 atom stereocenters. The number of pyridine rings is 2. The van der Waals surface area contributed by atoms with Crippen molar-refractivity contribution in [3.63, 3.8) is 0 Å². The highest BCUT2D eigenvalue weighted by Gasteiger charge is 2.20. The lowest BCUT2D eigenvalue weighted by molar-refractivity contribution is 0.102. The number of rotatable bonds is 3. The maximum Gasteiger partial charge on any atom is 0.262 e. The summed E-state index contributed by atoms with van der Waals surface area (Å²) in [6, 6.07) is 3.50. The summed E-state index contributed by atoms with van der Waals surface area (Å²) < 4.78 is 7.22. The summed E-state index contributed by atoms with van der Waals surface area (Å²) in [4.78, 5) is 35.4. The van der Waals surface area contributed by atoms with E-state index in [1.807, 2.05) is 18.4 Å². The van der Waals surface area contributed by atoms with Crippen LogP contribution in [0.25, 0.3) is 11.0 Å². The minimum absolute atomic E-state index is 0.0921. The Morgan fingerprint density at radius 1 is 1.38 bits per heavy atom. The van der Waals surface area contributed by atoms with Crippen molar-refractivity contribution in [1.82, 2.24) is 14.5 Å². The van der Waals surface area contributed by atoms with Crippen molar-refractivity contribution in [2.75, 3.05) is 11.9 Å². The number of amides is 1. The number of carbonyl (C=O) groups is 1. The van der Waals surface area contributed by atoms with Gasteiger partial charge in [0.15, 0.2) is 5.13 Å². The number of hydrogen-bond donors (Lipinski definition) is 1. The van der Waals surface area contributed by atoms with Crippen molar-refractivity contribution in [1.29, 1.82) is 0 Å². The Labute approximate surface area is 153 Å². The molecule has 0 aromatic carbocycles. The highest BCUT2D eigenvalue weighted by molar-refractivity contribution is 7.15. The van der Waals surface area contributed by atoms with Gasteiger partial charge in [0.1, 0.15) is 11.2 Å². The van der Waals surface area contributed by atoms with Crippen molar-refractivity contribution >= 4 is 33.4 Å². The average Bonchev–Trinajstić information content (AvgIpc) is 3.04. The van der Waals surface area contributed by atoms with Gasteiger partial charge in [0, 0.05) is 24.9 Å². The first-order valence-corrected chi connectivity index (χ1v) is 9.27. The number of ether oxygens (including phenoxy) is 1. The molecule has 26 heavy (non-hydrogen) atoms. The third-order valence-corrected chi connectivity index (χ3v) is 5.35. The molecule has 8 heteroatoms. The van der Waals surface area contributed by atoms with Gasteiger partial charge in [0.05, 0.1) is 29.2 Å². The van der Waals surface area contributed by atoms with Crippen LogP contribution in [0.15, 0.2) is 23.1 Å². The molecule has 0 radical (unpaired) electrons. The number of aryl methyl sites for hydroxylation is 2. The van der Waals surface area contributed by atoms with E-state index in [1.165, 1.54) is 11.3 Å². The van der Waals surface area contributed by atoms with Crippen LogP contribution in [0.3, 0.4) is 0 Å². The molecule has 1 N–H and O–H groups in total. The van der Waals surface area contributed by atoms with E-state index in [4.69, 9.17) is 4.74 Å². The summed E-state index contributed by atoms with van der Waals surface area (Å²) in [6.45, 7) is 5.59. The number of anilines is 1. The van der Waals surface area contributed by atoms with E-state index >= 15 is 0 Å². The first-order valence-electron chi connectivity index (χ1n) is 8.45. The molecule has 3 aromatic heterocycles. The minimum Gasteiger partial charge on any atom is -0.375 e. The van der Waals surface area contributed by atoms with Crippen LogP contribution in [0.1, 0.15) is 33.5 Å². The van der Waals surface area contributed by atoms with Crippen LogP contribution in [-0.2, 0) is 24.3 Å². The number of aromatic nitrogens is 3. The Bertz CT molecular complexity index is 1050. The minimum atomic E-state index is -0.452. The fourth-order valence-electron chi connectivity index (χ4n) is 3.01. The van der Waals surface area contributed by atoms with Crippen LogP contribution in [0, 0.1) is 6.92 Å². The van der Waals surface area contributed by atoms with Crippen molar-refractivity contribution in [3.8, 4) is 0 Å². The predicted octanol–water partition coefficient (Wildman–Crippen LogP) is 2.51. The van der Waals surface area contributed by atoms with E-state index in [-0.39, 0.29) is 11.0 Å². The molecule has 3 aromatic rings. The number of nitrogens with zero attached hydrogens (tertiary/aromatic N) is 3. The van der Waals surface area contributed by atoms with Gasteiger partial charge in [-0.1, -0.05) is 11.3 Å². The summed E-state index contributed by atoms with van der Waals surface area (Å²) in [7, 11) is 0. The first kappa shape index (κ1) is 16.9. The average molecular weight is 370 g/mol. The summed E-state index contributed by atoms with van der Waals surface area (Å²) in [5, 5.41) is 3.70. The van der Waals surface area contributed by atoms with Gasteiger partial charge in [-0.15, -0.1) is 0 Å². The molecule has 0 saturated heterocycles. The van der Waals surface area contributed by atoms with Gasteiger partial charge in [0.2, 0.25) is 5.43 Å². The standard InChI is InChI=1S/C18H18N4O3S/c1-3-22-8-12(15(23)11-5-4-10(2)19-16(11)22)17(24)21-18-20-13-6-7-25-9-14(13)26-18/h4-5,8H,3,6-7,9H2,1-2H3,(H,20,21,24). The Morgan fingerprint density at radius 3 is 3.00 bits per heavy atom. The normalized spacial score (nSPS) is 13.6. The third-order valence-electron chi connectivity index (χ3n) is 4.36. The molecule has 0 unspecified atom stereocenters. The zero-order chi connectivity index (χ0) is 18.3. The van der Waals surface area contributed by atoms with Crippen LogP contribution >= 0.6 is 11.3 Å². The Morgan fingerprint density at radius 2 is 2.23 bits per heavy atom. The van der Waals surface area contributed by atoms with Gasteiger partial charge in [-0.05, 0) is 26.0 Å². The number of fused-ring (bicyclic) bond motifs is 2. The fraction of sp³-hybridized carbons (Fsp3) is 0.333. The van der Waals surface area contributed by atoms with Gasteiger partial charge < -0.3 is 9.30 Å². The molecule has 0 spiro atoms. The van der Waals surface area contributed by atoms with Crippen molar-refractivity contribution in [3.05, 3.63) is 50.4 Å². The largest absolute Gasteiger partial charge is 0.375 e. The van der Waals surface area contributed by atoms with Crippen molar-refractivity contribution in [2.45, 2.75) is 33.4 Å². The highest BCUT2D eigenvalue weighted by Crippen LogP contribution is 2.27. The first-order chi connectivity index (χ1) is 12.6. The monoisotopic (exact) mass is 370 g/mol. The predicted molar refractivity (Wildman–Crippen MR) is 99.8 cm³/mol. The molecule has 1 amide bonds. The van der Waals surface area contributed by atoms with Gasteiger partial charge >= 0.3 is 0 Å².